The third-order valence-electron chi connectivity index (χ3n) is 8.65. The van der Waals surface area contributed by atoms with E-state index in [2.05, 4.69) is 22.4 Å². The Labute approximate surface area is 240 Å². The number of rotatable bonds is 6. The molecule has 2 aromatic carbocycles. The van der Waals surface area contributed by atoms with Crippen LogP contribution >= 0.6 is 0 Å². The predicted octanol–water partition coefficient (Wildman–Crippen LogP) is 4.09. The molecule has 1 N–H and O–H groups in total. The molecule has 3 fully saturated rings. The minimum Gasteiger partial charge on any atom is -0.369 e. The molecule has 10 heteroatoms. The minimum atomic E-state index is -2.97. The molecule has 1 amide bonds. The average molecular weight is 569 g/mol. The number of hydrogen-bond donors (Lipinski definition) is 1. The predicted molar refractivity (Wildman–Crippen MR) is 155 cm³/mol. The van der Waals surface area contributed by atoms with E-state index in [-0.39, 0.29) is 29.2 Å². The molecule has 1 saturated heterocycles. The third-order valence-corrected chi connectivity index (χ3v) is 10.3. The second-order valence-corrected chi connectivity index (χ2v) is 13.7. The van der Waals surface area contributed by atoms with Crippen LogP contribution in [0.5, 0.6) is 0 Å². The first kappa shape index (κ1) is 27.0. The Hall–Kier alpha value is -4.15. The van der Waals surface area contributed by atoms with E-state index in [9.17, 15) is 23.7 Å². The fourth-order valence-electron chi connectivity index (χ4n) is 6.05. The molecule has 1 aliphatic heterocycles. The van der Waals surface area contributed by atoms with Crippen molar-refractivity contribution in [2.24, 2.45) is 5.92 Å². The van der Waals surface area contributed by atoms with Gasteiger partial charge in [-0.25, -0.2) is 13.1 Å². The van der Waals surface area contributed by atoms with E-state index in [0.29, 0.717) is 31.5 Å². The standard InChI is InChI=1S/C31H32N6O3S/c32-19-22-4-3-5-25(18-22)37-20-28(23-8-10-24(11-9-23)36-14-16-41(39,40)17-15-36)29(35-37)26-6-1-2-7-27(26)30(38)34-31(21-33)12-13-31/h3-5,8-11,18,20,26-27H,1-2,6-7,12-17H2,(H,34,38)/t26-,27-/m1/s1. The summed E-state index contributed by atoms with van der Waals surface area (Å²) in [4.78, 5) is 15.6. The summed E-state index contributed by atoms with van der Waals surface area (Å²) < 4.78 is 25.6. The molecule has 0 spiro atoms. The molecule has 6 rings (SSSR count). The van der Waals surface area contributed by atoms with Crippen LogP contribution < -0.4 is 10.2 Å². The summed E-state index contributed by atoms with van der Waals surface area (Å²) in [5, 5.41) is 27.1. The van der Waals surface area contributed by atoms with Crippen molar-refractivity contribution in [1.82, 2.24) is 15.1 Å². The van der Waals surface area contributed by atoms with Gasteiger partial charge in [0.2, 0.25) is 5.91 Å². The molecule has 2 aliphatic carbocycles. The van der Waals surface area contributed by atoms with Gasteiger partial charge in [0.15, 0.2) is 9.84 Å². The smallest absolute Gasteiger partial charge is 0.225 e. The SMILES string of the molecule is N#Cc1cccc(-n2cc(-c3ccc(N4CCS(=O)(=O)CC4)cc3)c([C@@H]3CCCC[C@H]3C(=O)NC3(C#N)CC3)n2)c1. The summed E-state index contributed by atoms with van der Waals surface area (Å²) >= 11 is 0. The Morgan fingerprint density at radius 1 is 1.00 bits per heavy atom. The Morgan fingerprint density at radius 2 is 1.73 bits per heavy atom. The molecule has 9 nitrogen and oxygen atoms in total. The first-order chi connectivity index (χ1) is 19.8. The lowest BCUT2D eigenvalue weighted by Crippen LogP contribution is -2.42. The molecule has 41 heavy (non-hydrogen) atoms. The fraction of sp³-hybridized carbons (Fsp3) is 0.419. The van der Waals surface area contributed by atoms with E-state index in [1.54, 1.807) is 16.8 Å². The minimum absolute atomic E-state index is 0.0730. The summed E-state index contributed by atoms with van der Waals surface area (Å²) in [7, 11) is -2.97. The van der Waals surface area contributed by atoms with Gasteiger partial charge >= 0.3 is 0 Å². The van der Waals surface area contributed by atoms with E-state index in [4.69, 9.17) is 5.10 Å². The topological polar surface area (TPSA) is 132 Å². The molecule has 210 valence electrons. The van der Waals surface area contributed by atoms with Crippen LogP contribution in [0.1, 0.15) is 55.7 Å². The maximum Gasteiger partial charge on any atom is 0.225 e. The van der Waals surface area contributed by atoms with Crippen molar-refractivity contribution >= 4 is 21.4 Å². The third kappa shape index (κ3) is 5.57. The first-order valence-corrected chi connectivity index (χ1v) is 16.0. The highest BCUT2D eigenvalue weighted by Crippen LogP contribution is 2.43. The number of carbonyl (C=O) groups excluding carboxylic acids is 1. The zero-order valence-corrected chi connectivity index (χ0v) is 23.6. The number of aromatic nitrogens is 2. The van der Waals surface area contributed by atoms with Gasteiger partial charge in [-0.15, -0.1) is 0 Å². The molecule has 0 radical (unpaired) electrons. The van der Waals surface area contributed by atoms with Crippen molar-refractivity contribution in [2.75, 3.05) is 29.5 Å². The Kier molecular flexibility index (Phi) is 7.04. The van der Waals surface area contributed by atoms with Gasteiger partial charge in [0.25, 0.3) is 0 Å². The van der Waals surface area contributed by atoms with Crippen LogP contribution in [0, 0.1) is 28.6 Å². The van der Waals surface area contributed by atoms with Crippen LogP contribution in [0.4, 0.5) is 5.69 Å². The maximum absolute atomic E-state index is 13.5. The van der Waals surface area contributed by atoms with Crippen molar-refractivity contribution in [2.45, 2.75) is 50.0 Å². The zero-order chi connectivity index (χ0) is 28.6. The van der Waals surface area contributed by atoms with Crippen molar-refractivity contribution in [3.8, 4) is 29.0 Å². The van der Waals surface area contributed by atoms with E-state index >= 15 is 0 Å². The lowest BCUT2D eigenvalue weighted by atomic mass is 9.75. The molecule has 3 aliphatic rings. The quantitative estimate of drug-likeness (QED) is 0.474. The van der Waals surface area contributed by atoms with Gasteiger partial charge in [-0.1, -0.05) is 31.0 Å². The van der Waals surface area contributed by atoms with Gasteiger partial charge in [0.05, 0.1) is 40.6 Å². The highest BCUT2D eigenvalue weighted by Gasteiger charge is 2.47. The van der Waals surface area contributed by atoms with Crippen LogP contribution in [0.25, 0.3) is 16.8 Å². The van der Waals surface area contributed by atoms with E-state index in [0.717, 1.165) is 53.9 Å². The highest BCUT2D eigenvalue weighted by atomic mass is 32.2. The normalized spacial score (nSPS) is 22.7. The van der Waals surface area contributed by atoms with Crippen molar-refractivity contribution < 1.29 is 13.2 Å². The van der Waals surface area contributed by atoms with Crippen LogP contribution in [0.3, 0.4) is 0 Å². The summed E-state index contributed by atoms with van der Waals surface area (Å²) in [5.41, 5.74) is 4.27. The summed E-state index contributed by atoms with van der Waals surface area (Å²) in [5.74, 6) is -0.148. The zero-order valence-electron chi connectivity index (χ0n) is 22.8. The van der Waals surface area contributed by atoms with E-state index in [1.165, 1.54) is 0 Å². The van der Waals surface area contributed by atoms with Crippen LogP contribution in [-0.2, 0) is 14.6 Å². The number of amides is 1. The molecule has 0 unspecified atom stereocenters. The lowest BCUT2D eigenvalue weighted by molar-refractivity contribution is -0.127. The fourth-order valence-corrected chi connectivity index (χ4v) is 7.25. The van der Waals surface area contributed by atoms with Crippen molar-refractivity contribution in [3.63, 3.8) is 0 Å². The Bertz CT molecular complexity index is 1650. The molecule has 1 aromatic heterocycles. The highest BCUT2D eigenvalue weighted by molar-refractivity contribution is 7.91. The number of anilines is 1. The molecule has 2 atom stereocenters. The Balaban J connectivity index is 1.36. The van der Waals surface area contributed by atoms with Crippen LogP contribution in [-0.4, -0.2) is 54.2 Å². The number of sulfone groups is 1. The largest absolute Gasteiger partial charge is 0.369 e. The number of nitrogens with one attached hydrogen (secondary N) is 1. The van der Waals surface area contributed by atoms with Crippen molar-refractivity contribution in [3.05, 3.63) is 66.0 Å². The van der Waals surface area contributed by atoms with Gasteiger partial charge in [-0.05, 0) is 61.6 Å². The average Bonchev–Trinajstić information content (AvgIpc) is 3.63. The number of carbonyl (C=O) groups is 1. The number of nitrogens with zero attached hydrogens (tertiary/aromatic N) is 5. The number of hydrogen-bond acceptors (Lipinski definition) is 7. The Morgan fingerprint density at radius 3 is 2.41 bits per heavy atom. The summed E-state index contributed by atoms with van der Waals surface area (Å²) in [6, 6.07) is 19.8. The monoisotopic (exact) mass is 568 g/mol. The molecule has 2 saturated carbocycles. The van der Waals surface area contributed by atoms with E-state index < -0.39 is 15.4 Å². The molecular weight excluding hydrogens is 536 g/mol. The second kappa shape index (κ2) is 10.7. The van der Waals surface area contributed by atoms with Gasteiger partial charge < -0.3 is 10.2 Å². The van der Waals surface area contributed by atoms with Crippen LogP contribution in [0.15, 0.2) is 54.7 Å². The van der Waals surface area contributed by atoms with Gasteiger partial charge in [-0.2, -0.15) is 15.6 Å². The molecule has 0 bridgehead atoms. The van der Waals surface area contributed by atoms with Gasteiger partial charge in [0.1, 0.15) is 5.54 Å². The van der Waals surface area contributed by atoms with Gasteiger partial charge in [-0.3, -0.25) is 4.79 Å². The molecule has 3 aromatic rings. The summed E-state index contributed by atoms with van der Waals surface area (Å²) in [6.45, 7) is 0.951. The first-order valence-electron chi connectivity index (χ1n) is 14.2. The molecule has 2 heterocycles. The summed E-state index contributed by atoms with van der Waals surface area (Å²) in [6.07, 6.45) is 6.86. The number of benzene rings is 2. The van der Waals surface area contributed by atoms with E-state index in [1.807, 2.05) is 42.6 Å². The molecular formula is C31H32N6O3S. The second-order valence-electron chi connectivity index (χ2n) is 11.4. The van der Waals surface area contributed by atoms with Crippen LogP contribution in [0.2, 0.25) is 0 Å². The van der Waals surface area contributed by atoms with Gasteiger partial charge in [0, 0.05) is 42.4 Å². The van der Waals surface area contributed by atoms with Crippen molar-refractivity contribution in [1.29, 1.82) is 10.5 Å². The maximum atomic E-state index is 13.5. The number of nitriles is 2. The lowest BCUT2D eigenvalue weighted by Gasteiger charge is -2.31.